The molecule has 2 heterocycles. The first-order valence-corrected chi connectivity index (χ1v) is 11.6. The van der Waals surface area contributed by atoms with Gasteiger partial charge in [0, 0.05) is 26.2 Å². The Hall–Kier alpha value is -1.22. The van der Waals surface area contributed by atoms with E-state index in [1.807, 2.05) is 35.2 Å². The molecule has 0 N–H and O–H groups in total. The van der Waals surface area contributed by atoms with E-state index < -0.39 is 10.0 Å². The van der Waals surface area contributed by atoms with Gasteiger partial charge in [-0.25, -0.2) is 8.42 Å². The molecule has 1 saturated heterocycles. The average molecular weight is 455 g/mol. The SMILES string of the molecule is O=C(N1CCN(S(=O)(=O)c2ccc(Br)s2)CC1)C1(c2ccccc2)CC1. The topological polar surface area (TPSA) is 57.7 Å². The van der Waals surface area contributed by atoms with E-state index in [0.29, 0.717) is 30.4 Å². The van der Waals surface area contributed by atoms with Crippen LogP contribution >= 0.6 is 27.3 Å². The van der Waals surface area contributed by atoms with E-state index in [1.165, 1.54) is 15.6 Å². The van der Waals surface area contributed by atoms with Crippen molar-refractivity contribution in [3.8, 4) is 0 Å². The second-order valence-electron chi connectivity index (χ2n) is 6.70. The summed E-state index contributed by atoms with van der Waals surface area (Å²) >= 11 is 4.52. The molecule has 1 aliphatic carbocycles. The molecule has 0 spiro atoms. The van der Waals surface area contributed by atoms with Crippen molar-refractivity contribution in [2.24, 2.45) is 0 Å². The molecule has 138 valence electrons. The third-order valence-electron chi connectivity index (χ3n) is 5.15. The van der Waals surface area contributed by atoms with Crippen LogP contribution in [0.4, 0.5) is 0 Å². The lowest BCUT2D eigenvalue weighted by atomic mass is 9.94. The van der Waals surface area contributed by atoms with Crippen LogP contribution in [0, 0.1) is 0 Å². The molecule has 4 rings (SSSR count). The second kappa shape index (κ2) is 6.74. The molecule has 0 bridgehead atoms. The quantitative estimate of drug-likeness (QED) is 0.712. The van der Waals surface area contributed by atoms with Crippen molar-refractivity contribution < 1.29 is 13.2 Å². The Morgan fingerprint density at radius 3 is 2.19 bits per heavy atom. The number of carbonyl (C=O) groups is 1. The lowest BCUT2D eigenvalue weighted by molar-refractivity contribution is -0.135. The first-order valence-electron chi connectivity index (χ1n) is 8.54. The van der Waals surface area contributed by atoms with Gasteiger partial charge >= 0.3 is 0 Å². The van der Waals surface area contributed by atoms with Gasteiger partial charge in [-0.05, 0) is 46.5 Å². The number of benzene rings is 1. The van der Waals surface area contributed by atoms with E-state index in [1.54, 1.807) is 12.1 Å². The number of carbonyl (C=O) groups excluding carboxylic acids is 1. The van der Waals surface area contributed by atoms with Crippen LogP contribution in [0.3, 0.4) is 0 Å². The number of piperazine rings is 1. The van der Waals surface area contributed by atoms with Gasteiger partial charge in [0.05, 0.1) is 9.20 Å². The molecule has 0 radical (unpaired) electrons. The Bertz CT molecular complexity index is 915. The predicted molar refractivity (Wildman–Crippen MR) is 105 cm³/mol. The highest BCUT2D eigenvalue weighted by atomic mass is 79.9. The largest absolute Gasteiger partial charge is 0.339 e. The molecule has 8 heteroatoms. The minimum absolute atomic E-state index is 0.139. The number of rotatable bonds is 4. The van der Waals surface area contributed by atoms with Crippen molar-refractivity contribution in [2.45, 2.75) is 22.5 Å². The van der Waals surface area contributed by atoms with Crippen LogP contribution in [0.25, 0.3) is 0 Å². The predicted octanol–water partition coefficient (Wildman–Crippen LogP) is 3.08. The molecule has 0 atom stereocenters. The summed E-state index contributed by atoms with van der Waals surface area (Å²) < 4.78 is 28.1. The first-order chi connectivity index (χ1) is 12.4. The monoisotopic (exact) mass is 454 g/mol. The summed E-state index contributed by atoms with van der Waals surface area (Å²) in [4.78, 5) is 14.9. The van der Waals surface area contributed by atoms with Gasteiger partial charge in [0.1, 0.15) is 4.21 Å². The van der Waals surface area contributed by atoms with Crippen molar-refractivity contribution in [3.63, 3.8) is 0 Å². The lowest BCUT2D eigenvalue weighted by Crippen LogP contribution is -2.52. The number of nitrogens with zero attached hydrogens (tertiary/aromatic N) is 2. The van der Waals surface area contributed by atoms with Gasteiger partial charge in [0.25, 0.3) is 10.0 Å². The van der Waals surface area contributed by atoms with Crippen LogP contribution in [0.2, 0.25) is 0 Å². The van der Waals surface area contributed by atoms with Crippen LogP contribution in [0.5, 0.6) is 0 Å². The van der Waals surface area contributed by atoms with Crippen LogP contribution < -0.4 is 0 Å². The molecule has 2 aromatic rings. The maximum absolute atomic E-state index is 13.1. The van der Waals surface area contributed by atoms with Gasteiger partial charge in [0.2, 0.25) is 5.91 Å². The first kappa shape index (κ1) is 18.2. The van der Waals surface area contributed by atoms with Gasteiger partial charge < -0.3 is 4.90 Å². The van der Waals surface area contributed by atoms with Crippen molar-refractivity contribution >= 4 is 43.2 Å². The van der Waals surface area contributed by atoms with Crippen molar-refractivity contribution in [1.82, 2.24) is 9.21 Å². The zero-order valence-electron chi connectivity index (χ0n) is 14.1. The fourth-order valence-corrected chi connectivity index (χ4v) is 7.09. The summed E-state index contributed by atoms with van der Waals surface area (Å²) in [5.74, 6) is 0.139. The number of halogens is 1. The van der Waals surface area contributed by atoms with E-state index >= 15 is 0 Å². The molecule has 1 saturated carbocycles. The molecular weight excluding hydrogens is 436 g/mol. The molecule has 1 aliphatic heterocycles. The van der Waals surface area contributed by atoms with Gasteiger partial charge in [0.15, 0.2) is 0 Å². The van der Waals surface area contributed by atoms with E-state index in [9.17, 15) is 13.2 Å². The van der Waals surface area contributed by atoms with Gasteiger partial charge in [-0.1, -0.05) is 30.3 Å². The average Bonchev–Trinajstić information content (AvgIpc) is 3.36. The highest BCUT2D eigenvalue weighted by Crippen LogP contribution is 2.49. The van der Waals surface area contributed by atoms with E-state index in [0.717, 1.165) is 22.2 Å². The molecule has 2 fully saturated rings. The van der Waals surface area contributed by atoms with Crippen LogP contribution in [-0.4, -0.2) is 49.7 Å². The molecule has 1 amide bonds. The fraction of sp³-hybridized carbons (Fsp3) is 0.389. The smallest absolute Gasteiger partial charge is 0.252 e. The summed E-state index contributed by atoms with van der Waals surface area (Å²) in [7, 11) is -3.48. The highest BCUT2D eigenvalue weighted by Gasteiger charge is 2.53. The number of hydrogen-bond donors (Lipinski definition) is 0. The molecule has 26 heavy (non-hydrogen) atoms. The van der Waals surface area contributed by atoms with Crippen molar-refractivity contribution in [2.75, 3.05) is 26.2 Å². The summed E-state index contributed by atoms with van der Waals surface area (Å²) in [6.07, 6.45) is 1.75. The summed E-state index contributed by atoms with van der Waals surface area (Å²) in [5.41, 5.74) is 0.685. The lowest BCUT2D eigenvalue weighted by Gasteiger charge is -2.35. The van der Waals surface area contributed by atoms with Crippen LogP contribution in [0.1, 0.15) is 18.4 Å². The van der Waals surface area contributed by atoms with Crippen LogP contribution in [0.15, 0.2) is 50.5 Å². The number of sulfonamides is 1. The Morgan fingerprint density at radius 2 is 1.65 bits per heavy atom. The maximum Gasteiger partial charge on any atom is 0.252 e. The molecule has 5 nitrogen and oxygen atoms in total. The van der Waals surface area contributed by atoms with Crippen LogP contribution in [-0.2, 0) is 20.2 Å². The van der Waals surface area contributed by atoms with Gasteiger partial charge in [-0.2, -0.15) is 4.31 Å². The summed E-state index contributed by atoms with van der Waals surface area (Å²) in [6.45, 7) is 1.57. The van der Waals surface area contributed by atoms with Crippen molar-refractivity contribution in [1.29, 1.82) is 0 Å². The second-order valence-corrected chi connectivity index (χ2v) is 11.3. The Kier molecular flexibility index (Phi) is 4.71. The zero-order valence-corrected chi connectivity index (χ0v) is 17.3. The zero-order chi connectivity index (χ0) is 18.4. The van der Waals surface area contributed by atoms with E-state index in [2.05, 4.69) is 15.9 Å². The number of thiophene rings is 1. The fourth-order valence-electron chi connectivity index (χ4n) is 3.51. The van der Waals surface area contributed by atoms with Gasteiger partial charge in [-0.15, -0.1) is 11.3 Å². The number of hydrogen-bond acceptors (Lipinski definition) is 4. The molecule has 1 aromatic heterocycles. The molecule has 0 unspecified atom stereocenters. The minimum Gasteiger partial charge on any atom is -0.339 e. The Balaban J connectivity index is 1.45. The standard InChI is InChI=1S/C18H19BrN2O3S2/c19-15-6-7-16(25-15)26(23,24)21-12-10-20(11-13-21)17(22)18(8-9-18)14-4-2-1-3-5-14/h1-7H,8-13H2. The molecular formula is C18H19BrN2O3S2. The molecule has 2 aliphatic rings. The normalized spacial score (nSPS) is 20.1. The summed E-state index contributed by atoms with van der Waals surface area (Å²) in [5, 5.41) is 0. The highest BCUT2D eigenvalue weighted by molar-refractivity contribution is 9.11. The number of amides is 1. The maximum atomic E-state index is 13.1. The minimum atomic E-state index is -3.48. The van der Waals surface area contributed by atoms with Gasteiger partial charge in [-0.3, -0.25) is 4.79 Å². The van der Waals surface area contributed by atoms with E-state index in [-0.39, 0.29) is 11.3 Å². The van der Waals surface area contributed by atoms with Crippen molar-refractivity contribution in [3.05, 3.63) is 51.8 Å². The third kappa shape index (κ3) is 3.13. The van der Waals surface area contributed by atoms with E-state index in [4.69, 9.17) is 0 Å². The Morgan fingerprint density at radius 1 is 1.00 bits per heavy atom. The third-order valence-corrected chi connectivity index (χ3v) is 9.14. The summed E-state index contributed by atoms with van der Waals surface area (Å²) in [6, 6.07) is 13.3. The molecule has 1 aromatic carbocycles. The Labute approximate surface area is 165 Å².